The van der Waals surface area contributed by atoms with Crippen molar-refractivity contribution >= 4 is 35.6 Å². The van der Waals surface area contributed by atoms with Crippen molar-refractivity contribution in [2.24, 2.45) is 10.7 Å². The molecule has 0 aliphatic rings. The summed E-state index contributed by atoms with van der Waals surface area (Å²) >= 11 is 0. The van der Waals surface area contributed by atoms with Crippen LogP contribution < -0.4 is 20.5 Å². The van der Waals surface area contributed by atoms with Gasteiger partial charge in [-0.2, -0.15) is 0 Å². The lowest BCUT2D eigenvalue weighted by Crippen LogP contribution is -2.23. The number of nitrogens with zero attached hydrogens (tertiary/aromatic N) is 1. The molecule has 6 heteroatoms. The molecule has 0 amide bonds. The molecule has 0 bridgehead atoms. The van der Waals surface area contributed by atoms with Crippen molar-refractivity contribution in [1.29, 1.82) is 0 Å². The van der Waals surface area contributed by atoms with Crippen LogP contribution in [0.3, 0.4) is 0 Å². The Hall–Kier alpha value is -1.96. The Morgan fingerprint density at radius 3 is 2.35 bits per heavy atom. The third-order valence-electron chi connectivity index (χ3n) is 3.74. The lowest BCUT2D eigenvalue weighted by Gasteiger charge is -2.14. The van der Waals surface area contributed by atoms with Crippen molar-refractivity contribution in [3.05, 3.63) is 53.6 Å². The van der Waals surface area contributed by atoms with E-state index in [1.165, 1.54) is 11.1 Å². The molecular weight excluding hydrogens is 441 g/mol. The van der Waals surface area contributed by atoms with E-state index in [1.54, 1.807) is 0 Å². The summed E-state index contributed by atoms with van der Waals surface area (Å²) in [6.07, 6.45) is 0.976. The third kappa shape index (κ3) is 6.40. The van der Waals surface area contributed by atoms with Crippen molar-refractivity contribution in [2.45, 2.75) is 33.7 Å². The minimum absolute atomic E-state index is 0. The first-order chi connectivity index (χ1) is 12.2. The fraction of sp³-hybridized carbons (Fsp3) is 0.350. The van der Waals surface area contributed by atoms with Crippen LogP contribution in [0, 0.1) is 0 Å². The Kier molecular flexibility index (Phi) is 9.87. The van der Waals surface area contributed by atoms with E-state index < -0.39 is 0 Å². The molecule has 2 aromatic rings. The number of anilines is 1. The maximum Gasteiger partial charge on any atom is 0.193 e. The topological polar surface area (TPSA) is 68.9 Å². The first-order valence-electron chi connectivity index (χ1n) is 8.71. The van der Waals surface area contributed by atoms with Gasteiger partial charge in [0.1, 0.15) is 11.5 Å². The minimum Gasteiger partial charge on any atom is -0.494 e. The quantitative estimate of drug-likeness (QED) is 0.337. The molecule has 0 atom stereocenters. The van der Waals surface area contributed by atoms with Crippen LogP contribution in [0.5, 0.6) is 11.5 Å². The summed E-state index contributed by atoms with van der Waals surface area (Å²) in [5, 5.41) is 3.12. The number of aryl methyl sites for hydroxylation is 1. The number of halogens is 1. The summed E-state index contributed by atoms with van der Waals surface area (Å²) in [7, 11) is 0. The minimum atomic E-state index is 0. The van der Waals surface area contributed by atoms with Crippen LogP contribution in [0.4, 0.5) is 5.69 Å². The Balaban J connectivity index is 0.00000338. The molecule has 26 heavy (non-hydrogen) atoms. The maximum absolute atomic E-state index is 6.08. The molecule has 142 valence electrons. The van der Waals surface area contributed by atoms with Gasteiger partial charge < -0.3 is 20.5 Å². The molecule has 5 nitrogen and oxygen atoms in total. The summed E-state index contributed by atoms with van der Waals surface area (Å²) in [6.45, 7) is 7.74. The zero-order chi connectivity index (χ0) is 18.1. The normalized spacial score (nSPS) is 10.8. The summed E-state index contributed by atoms with van der Waals surface area (Å²) in [6, 6.07) is 13.9. The summed E-state index contributed by atoms with van der Waals surface area (Å²) in [5.74, 6) is 1.83. The van der Waals surface area contributed by atoms with Gasteiger partial charge in [-0.1, -0.05) is 31.2 Å². The number of hydrogen-bond acceptors (Lipinski definition) is 3. The van der Waals surface area contributed by atoms with Crippen LogP contribution >= 0.6 is 24.0 Å². The summed E-state index contributed by atoms with van der Waals surface area (Å²) < 4.78 is 11.2. The van der Waals surface area contributed by atoms with Crippen molar-refractivity contribution in [3.63, 3.8) is 0 Å². The Labute approximate surface area is 173 Å². The van der Waals surface area contributed by atoms with Gasteiger partial charge in [0.15, 0.2) is 5.96 Å². The third-order valence-corrected chi connectivity index (χ3v) is 3.74. The number of rotatable bonds is 8. The number of nitrogens with two attached hydrogens (primary N) is 1. The fourth-order valence-corrected chi connectivity index (χ4v) is 2.55. The highest BCUT2D eigenvalue weighted by atomic mass is 127. The van der Waals surface area contributed by atoms with Crippen LogP contribution in [0.2, 0.25) is 0 Å². The molecule has 2 rings (SSSR count). The highest BCUT2D eigenvalue weighted by Crippen LogP contribution is 2.29. The number of nitrogens with one attached hydrogen (secondary N) is 1. The highest BCUT2D eigenvalue weighted by Gasteiger charge is 2.07. The summed E-state index contributed by atoms with van der Waals surface area (Å²) in [5.41, 5.74) is 9.29. The number of aliphatic imine (C=N–C) groups is 1. The van der Waals surface area contributed by atoms with E-state index in [2.05, 4.69) is 29.4 Å². The average molecular weight is 469 g/mol. The van der Waals surface area contributed by atoms with Crippen LogP contribution in [0.15, 0.2) is 47.5 Å². The van der Waals surface area contributed by atoms with E-state index in [9.17, 15) is 0 Å². The van der Waals surface area contributed by atoms with Crippen LogP contribution in [0.1, 0.15) is 31.9 Å². The standard InChI is InChI=1S/C20H27N3O2.HI/c1-4-15-9-7-8-10-16(15)14-22-20(21)23-18-13-17(24-5-2)11-12-19(18)25-6-3;/h7-13H,4-6,14H2,1-3H3,(H3,21,22,23);1H. The molecule has 0 radical (unpaired) electrons. The van der Waals surface area contributed by atoms with Crippen LogP contribution in [-0.2, 0) is 13.0 Å². The Bertz CT molecular complexity index is 720. The van der Waals surface area contributed by atoms with Gasteiger partial charge in [-0.05, 0) is 43.5 Å². The van der Waals surface area contributed by atoms with Gasteiger partial charge in [0.25, 0.3) is 0 Å². The molecule has 0 heterocycles. The van der Waals surface area contributed by atoms with E-state index >= 15 is 0 Å². The molecule has 0 aromatic heterocycles. The Morgan fingerprint density at radius 2 is 1.69 bits per heavy atom. The van der Waals surface area contributed by atoms with Crippen molar-refractivity contribution in [1.82, 2.24) is 0 Å². The molecular formula is C20H28IN3O2. The van der Waals surface area contributed by atoms with Gasteiger partial charge in [-0.25, -0.2) is 4.99 Å². The average Bonchev–Trinajstić information content (AvgIpc) is 2.62. The maximum atomic E-state index is 6.08. The lowest BCUT2D eigenvalue weighted by molar-refractivity contribution is 0.332. The van der Waals surface area contributed by atoms with Crippen molar-refractivity contribution in [3.8, 4) is 11.5 Å². The van der Waals surface area contributed by atoms with Crippen molar-refractivity contribution < 1.29 is 9.47 Å². The zero-order valence-electron chi connectivity index (χ0n) is 15.6. The number of guanidine groups is 1. The summed E-state index contributed by atoms with van der Waals surface area (Å²) in [4.78, 5) is 4.46. The van der Waals surface area contributed by atoms with Crippen LogP contribution in [-0.4, -0.2) is 19.2 Å². The van der Waals surface area contributed by atoms with E-state index in [0.29, 0.717) is 25.7 Å². The number of benzene rings is 2. The molecule has 0 saturated heterocycles. The second-order valence-electron chi connectivity index (χ2n) is 5.47. The smallest absolute Gasteiger partial charge is 0.193 e. The zero-order valence-corrected chi connectivity index (χ0v) is 17.9. The van der Waals surface area contributed by atoms with Crippen molar-refractivity contribution in [2.75, 3.05) is 18.5 Å². The largest absolute Gasteiger partial charge is 0.494 e. The molecule has 3 N–H and O–H groups in total. The van der Waals surface area contributed by atoms with Gasteiger partial charge in [-0.15, -0.1) is 24.0 Å². The van der Waals surface area contributed by atoms with E-state index in [-0.39, 0.29) is 24.0 Å². The van der Waals surface area contributed by atoms with Gasteiger partial charge in [0, 0.05) is 6.07 Å². The van der Waals surface area contributed by atoms with Gasteiger partial charge in [0.05, 0.1) is 25.4 Å². The molecule has 2 aromatic carbocycles. The van der Waals surface area contributed by atoms with Gasteiger partial charge in [0.2, 0.25) is 0 Å². The van der Waals surface area contributed by atoms with E-state index in [1.807, 2.05) is 44.2 Å². The monoisotopic (exact) mass is 469 g/mol. The first-order valence-corrected chi connectivity index (χ1v) is 8.71. The second-order valence-corrected chi connectivity index (χ2v) is 5.47. The predicted octanol–water partition coefficient (Wildman–Crippen LogP) is 4.59. The molecule has 0 fully saturated rings. The first kappa shape index (κ1) is 22.1. The lowest BCUT2D eigenvalue weighted by atomic mass is 10.1. The van der Waals surface area contributed by atoms with E-state index in [0.717, 1.165) is 23.6 Å². The molecule has 0 saturated carbocycles. The molecule has 0 aliphatic heterocycles. The van der Waals surface area contributed by atoms with Gasteiger partial charge >= 0.3 is 0 Å². The SMILES string of the molecule is CCOc1ccc(OCC)c(NC(N)=NCc2ccccc2CC)c1.I. The van der Waals surface area contributed by atoms with Crippen LogP contribution in [0.25, 0.3) is 0 Å². The number of ether oxygens (including phenoxy) is 2. The molecule has 0 aliphatic carbocycles. The molecule has 0 unspecified atom stereocenters. The second kappa shape index (κ2) is 11.6. The highest BCUT2D eigenvalue weighted by molar-refractivity contribution is 14.0. The van der Waals surface area contributed by atoms with E-state index in [4.69, 9.17) is 15.2 Å². The Morgan fingerprint density at radius 1 is 1.00 bits per heavy atom. The van der Waals surface area contributed by atoms with Gasteiger partial charge in [-0.3, -0.25) is 0 Å². The number of hydrogen-bond donors (Lipinski definition) is 2. The predicted molar refractivity (Wildman–Crippen MR) is 119 cm³/mol. The fourth-order valence-electron chi connectivity index (χ4n) is 2.55. The molecule has 0 spiro atoms.